The normalized spacial score (nSPS) is 20.1. The van der Waals surface area contributed by atoms with E-state index in [1.54, 1.807) is 0 Å². The zero-order valence-electron chi connectivity index (χ0n) is 9.45. The second-order valence-corrected chi connectivity index (χ2v) is 4.63. The summed E-state index contributed by atoms with van der Waals surface area (Å²) in [5.41, 5.74) is 8.42. The quantitative estimate of drug-likeness (QED) is 0.804. The molecule has 2 nitrogen and oxygen atoms in total. The lowest BCUT2D eigenvalue weighted by atomic mass is 9.83. The van der Waals surface area contributed by atoms with Gasteiger partial charge in [-0.2, -0.15) is 0 Å². The fraction of sp³-hybridized carbons (Fsp3) is 0.615. The molecule has 1 aliphatic rings. The molecule has 0 spiro atoms. The molecule has 2 N–H and O–H groups in total. The van der Waals surface area contributed by atoms with Crippen molar-refractivity contribution >= 4 is 0 Å². The Balaban J connectivity index is 2.08. The molecule has 1 saturated carbocycles. The molecule has 2 heteroatoms. The maximum absolute atomic E-state index is 6.28. The number of nitrogens with zero attached hydrogens (tertiary/aromatic N) is 1. The second-order valence-electron chi connectivity index (χ2n) is 4.63. The van der Waals surface area contributed by atoms with E-state index < -0.39 is 0 Å². The second kappa shape index (κ2) is 4.75. The van der Waals surface area contributed by atoms with Gasteiger partial charge in [0.25, 0.3) is 0 Å². The van der Waals surface area contributed by atoms with E-state index in [-0.39, 0.29) is 6.04 Å². The monoisotopic (exact) mass is 204 g/mol. The number of hydrogen-bond acceptors (Lipinski definition) is 2. The van der Waals surface area contributed by atoms with Crippen molar-refractivity contribution in [2.45, 2.75) is 45.1 Å². The average Bonchev–Trinajstić information content (AvgIpc) is 2.29. The minimum atomic E-state index is 0.144. The smallest absolute Gasteiger partial charge is 0.0577 e. The molecule has 1 aliphatic carbocycles. The molecule has 0 aliphatic heterocycles. The molecule has 1 atom stereocenters. The first-order valence-corrected chi connectivity index (χ1v) is 5.96. The lowest BCUT2D eigenvalue weighted by Gasteiger charge is -2.27. The van der Waals surface area contributed by atoms with E-state index in [4.69, 9.17) is 5.73 Å². The SMILES string of the molecule is Cc1cccc([C@@H](N)C2CCCCC2)n1. The summed E-state index contributed by atoms with van der Waals surface area (Å²) in [6.45, 7) is 2.02. The summed E-state index contributed by atoms with van der Waals surface area (Å²) in [5, 5.41) is 0. The van der Waals surface area contributed by atoms with Gasteiger partial charge in [0.15, 0.2) is 0 Å². The third kappa shape index (κ3) is 2.57. The van der Waals surface area contributed by atoms with Crippen LogP contribution in [0.25, 0.3) is 0 Å². The molecule has 0 bridgehead atoms. The zero-order chi connectivity index (χ0) is 10.7. The van der Waals surface area contributed by atoms with Gasteiger partial charge in [-0.15, -0.1) is 0 Å². The van der Waals surface area contributed by atoms with E-state index in [9.17, 15) is 0 Å². The van der Waals surface area contributed by atoms with Gasteiger partial charge in [0.2, 0.25) is 0 Å². The maximum atomic E-state index is 6.28. The molecule has 0 saturated heterocycles. The average molecular weight is 204 g/mol. The van der Waals surface area contributed by atoms with Crippen LogP contribution >= 0.6 is 0 Å². The van der Waals surface area contributed by atoms with Gasteiger partial charge >= 0.3 is 0 Å². The van der Waals surface area contributed by atoms with Gasteiger partial charge in [-0.1, -0.05) is 25.3 Å². The predicted octanol–water partition coefficient (Wildman–Crippen LogP) is 2.97. The highest BCUT2D eigenvalue weighted by Crippen LogP contribution is 2.32. The Hall–Kier alpha value is -0.890. The lowest BCUT2D eigenvalue weighted by molar-refractivity contribution is 0.304. The van der Waals surface area contributed by atoms with E-state index in [0.29, 0.717) is 5.92 Å². The van der Waals surface area contributed by atoms with Crippen LogP contribution in [0.4, 0.5) is 0 Å². The van der Waals surface area contributed by atoms with Crippen LogP contribution in [-0.4, -0.2) is 4.98 Å². The largest absolute Gasteiger partial charge is 0.322 e. The summed E-state index contributed by atoms with van der Waals surface area (Å²) in [7, 11) is 0. The van der Waals surface area contributed by atoms with Crippen molar-refractivity contribution < 1.29 is 0 Å². The van der Waals surface area contributed by atoms with Crippen LogP contribution in [0.5, 0.6) is 0 Å². The molecule has 0 unspecified atom stereocenters. The van der Waals surface area contributed by atoms with Crippen molar-refractivity contribution in [2.75, 3.05) is 0 Å². The number of nitrogens with two attached hydrogens (primary N) is 1. The summed E-state index contributed by atoms with van der Waals surface area (Å²) in [6, 6.07) is 6.29. The number of aromatic nitrogens is 1. The molecule has 1 heterocycles. The Morgan fingerprint density at radius 3 is 2.67 bits per heavy atom. The first kappa shape index (κ1) is 10.6. The van der Waals surface area contributed by atoms with Crippen molar-refractivity contribution in [3.63, 3.8) is 0 Å². The maximum Gasteiger partial charge on any atom is 0.0577 e. The summed E-state index contributed by atoms with van der Waals surface area (Å²) >= 11 is 0. The Kier molecular flexibility index (Phi) is 3.37. The van der Waals surface area contributed by atoms with Gasteiger partial charge < -0.3 is 5.73 Å². The molecule has 1 aromatic rings. The molecular formula is C13H20N2. The number of pyridine rings is 1. The van der Waals surface area contributed by atoms with E-state index in [1.807, 2.05) is 13.0 Å². The van der Waals surface area contributed by atoms with Crippen LogP contribution in [0.3, 0.4) is 0 Å². The van der Waals surface area contributed by atoms with Gasteiger partial charge in [-0.05, 0) is 37.8 Å². The van der Waals surface area contributed by atoms with Gasteiger partial charge in [0, 0.05) is 11.7 Å². The topological polar surface area (TPSA) is 38.9 Å². The van der Waals surface area contributed by atoms with E-state index in [0.717, 1.165) is 11.4 Å². The Morgan fingerprint density at radius 1 is 1.27 bits per heavy atom. The first-order valence-electron chi connectivity index (χ1n) is 5.96. The molecule has 0 amide bonds. The number of aryl methyl sites for hydroxylation is 1. The van der Waals surface area contributed by atoms with Crippen molar-refractivity contribution in [3.05, 3.63) is 29.6 Å². The third-order valence-corrected chi connectivity index (χ3v) is 3.41. The minimum Gasteiger partial charge on any atom is -0.322 e. The molecule has 1 fully saturated rings. The van der Waals surface area contributed by atoms with Crippen molar-refractivity contribution in [1.82, 2.24) is 4.98 Å². The predicted molar refractivity (Wildman–Crippen MR) is 62.5 cm³/mol. The summed E-state index contributed by atoms with van der Waals surface area (Å²) in [4.78, 5) is 4.52. The highest BCUT2D eigenvalue weighted by atomic mass is 14.8. The number of hydrogen-bond donors (Lipinski definition) is 1. The summed E-state index contributed by atoms with van der Waals surface area (Å²) < 4.78 is 0. The fourth-order valence-electron chi connectivity index (χ4n) is 2.48. The highest BCUT2D eigenvalue weighted by Gasteiger charge is 2.22. The lowest BCUT2D eigenvalue weighted by Crippen LogP contribution is -2.24. The van der Waals surface area contributed by atoms with Crippen LogP contribution in [0.15, 0.2) is 18.2 Å². The summed E-state index contributed by atoms with van der Waals surface area (Å²) in [5.74, 6) is 0.646. The van der Waals surface area contributed by atoms with Gasteiger partial charge in [-0.3, -0.25) is 4.98 Å². The molecule has 1 aromatic heterocycles. The molecule has 82 valence electrons. The van der Waals surface area contributed by atoms with Crippen molar-refractivity contribution in [3.8, 4) is 0 Å². The summed E-state index contributed by atoms with van der Waals surface area (Å²) in [6.07, 6.45) is 6.60. The minimum absolute atomic E-state index is 0.144. The van der Waals surface area contributed by atoms with Gasteiger partial charge in [0.1, 0.15) is 0 Å². The highest BCUT2D eigenvalue weighted by molar-refractivity contribution is 5.14. The molecule has 2 rings (SSSR count). The van der Waals surface area contributed by atoms with Gasteiger partial charge in [0.05, 0.1) is 5.69 Å². The van der Waals surface area contributed by atoms with Crippen LogP contribution < -0.4 is 5.73 Å². The van der Waals surface area contributed by atoms with Crippen LogP contribution in [-0.2, 0) is 0 Å². The van der Waals surface area contributed by atoms with E-state index in [2.05, 4.69) is 17.1 Å². The van der Waals surface area contributed by atoms with Crippen LogP contribution in [0, 0.1) is 12.8 Å². The third-order valence-electron chi connectivity index (χ3n) is 3.41. The molecule has 15 heavy (non-hydrogen) atoms. The molecule has 0 radical (unpaired) electrons. The Bertz CT molecular complexity index is 316. The van der Waals surface area contributed by atoms with Crippen LogP contribution in [0.1, 0.15) is 49.5 Å². The van der Waals surface area contributed by atoms with E-state index in [1.165, 1.54) is 32.1 Å². The number of rotatable bonds is 2. The van der Waals surface area contributed by atoms with Crippen molar-refractivity contribution in [1.29, 1.82) is 0 Å². The standard InChI is InChI=1S/C13H20N2/c1-10-6-5-9-12(15-10)13(14)11-7-3-2-4-8-11/h5-6,9,11,13H,2-4,7-8,14H2,1H3/t13-/m0/s1. The Morgan fingerprint density at radius 2 is 2.00 bits per heavy atom. The molecular weight excluding hydrogens is 184 g/mol. The van der Waals surface area contributed by atoms with E-state index >= 15 is 0 Å². The Labute approximate surface area is 91.9 Å². The van der Waals surface area contributed by atoms with Crippen molar-refractivity contribution in [2.24, 2.45) is 11.7 Å². The fourth-order valence-corrected chi connectivity index (χ4v) is 2.48. The van der Waals surface area contributed by atoms with Gasteiger partial charge in [-0.25, -0.2) is 0 Å². The molecule has 0 aromatic carbocycles. The van der Waals surface area contributed by atoms with Crippen LogP contribution in [0.2, 0.25) is 0 Å². The first-order chi connectivity index (χ1) is 7.27. The zero-order valence-corrected chi connectivity index (χ0v) is 9.45.